The fraction of sp³-hybridized carbons (Fsp3) is 1.00. The molecule has 8 N–H and O–H groups in total. The second-order valence-electron chi connectivity index (χ2n) is 11.7. The zero-order valence-corrected chi connectivity index (χ0v) is 20.6. The number of aliphatic hydroxyl groups excluding tert-OH is 8. The lowest BCUT2D eigenvalue weighted by molar-refractivity contribution is -0.124. The summed E-state index contributed by atoms with van der Waals surface area (Å²) in [5, 5.41) is 82.3. The summed E-state index contributed by atoms with van der Waals surface area (Å²) in [5.41, 5.74) is -3.77. The van der Waals surface area contributed by atoms with Gasteiger partial charge >= 0.3 is 0 Å². The Morgan fingerprint density at radius 1 is 0.419 bits per heavy atom. The van der Waals surface area contributed by atoms with Gasteiger partial charge in [-0.1, -0.05) is 55.4 Å². The average molecular weight is 453 g/mol. The minimum absolute atomic E-state index is 0.0534. The Hall–Kier alpha value is -0.320. The first-order valence-corrected chi connectivity index (χ1v) is 11.1. The number of aliphatic hydroxyl groups is 8. The number of hydrogen-bond donors (Lipinski definition) is 8. The van der Waals surface area contributed by atoms with E-state index in [0.717, 1.165) is 0 Å². The second-order valence-corrected chi connectivity index (χ2v) is 11.7. The van der Waals surface area contributed by atoms with Crippen molar-refractivity contribution in [2.45, 2.75) is 111 Å². The Kier molecular flexibility index (Phi) is 11.1. The fourth-order valence-electron chi connectivity index (χ4n) is 3.14. The SMILES string of the molecule is CC(C)(CO)[C@@H](O)C[C@H](O)C(C)(C)[C@H](O)C[C@@H](O)C(C)(C)[C@@H](O)C[C@H](O)C(C)(C)CO. The van der Waals surface area contributed by atoms with Gasteiger partial charge in [0.15, 0.2) is 0 Å². The quantitative estimate of drug-likeness (QED) is 0.188. The molecule has 0 amide bonds. The highest BCUT2D eigenvalue weighted by Crippen LogP contribution is 2.38. The van der Waals surface area contributed by atoms with Crippen molar-refractivity contribution in [1.29, 1.82) is 0 Å². The largest absolute Gasteiger partial charge is 0.396 e. The predicted molar refractivity (Wildman–Crippen MR) is 119 cm³/mol. The van der Waals surface area contributed by atoms with E-state index in [0.29, 0.717) is 0 Å². The zero-order valence-electron chi connectivity index (χ0n) is 20.6. The van der Waals surface area contributed by atoms with E-state index >= 15 is 0 Å². The molecule has 8 nitrogen and oxygen atoms in total. The first-order valence-electron chi connectivity index (χ1n) is 11.1. The topological polar surface area (TPSA) is 162 Å². The van der Waals surface area contributed by atoms with E-state index in [4.69, 9.17) is 0 Å². The second kappa shape index (κ2) is 11.2. The van der Waals surface area contributed by atoms with Crippen LogP contribution in [-0.4, -0.2) is 90.7 Å². The molecule has 0 aromatic rings. The molecule has 0 saturated heterocycles. The first-order chi connectivity index (χ1) is 13.8. The van der Waals surface area contributed by atoms with Gasteiger partial charge in [-0.3, -0.25) is 0 Å². The van der Waals surface area contributed by atoms with E-state index in [1.54, 1.807) is 55.4 Å². The van der Waals surface area contributed by atoms with Gasteiger partial charge in [-0.25, -0.2) is 0 Å². The average Bonchev–Trinajstić information content (AvgIpc) is 2.66. The van der Waals surface area contributed by atoms with Crippen LogP contribution in [0.1, 0.15) is 74.7 Å². The molecule has 0 aromatic carbocycles. The third-order valence-electron chi connectivity index (χ3n) is 7.39. The van der Waals surface area contributed by atoms with Crippen molar-refractivity contribution in [3.8, 4) is 0 Å². The Morgan fingerprint density at radius 3 is 0.806 bits per heavy atom. The third-order valence-corrected chi connectivity index (χ3v) is 7.39. The maximum Gasteiger partial charge on any atom is 0.0640 e. The maximum atomic E-state index is 10.8. The lowest BCUT2D eigenvalue weighted by Gasteiger charge is -2.43. The van der Waals surface area contributed by atoms with Gasteiger partial charge in [0.1, 0.15) is 0 Å². The smallest absolute Gasteiger partial charge is 0.0640 e. The molecule has 0 aromatic heterocycles. The molecular formula is C23H48O8. The Morgan fingerprint density at radius 2 is 0.613 bits per heavy atom. The molecule has 0 heterocycles. The highest BCUT2D eigenvalue weighted by atomic mass is 16.3. The van der Waals surface area contributed by atoms with Gasteiger partial charge in [-0.05, 0) is 0 Å². The van der Waals surface area contributed by atoms with Crippen LogP contribution < -0.4 is 0 Å². The predicted octanol–water partition coefficient (Wildman–Crippen LogP) is 0.411. The van der Waals surface area contributed by atoms with Gasteiger partial charge in [-0.2, -0.15) is 0 Å². The molecule has 0 saturated carbocycles. The number of hydrogen-bond acceptors (Lipinski definition) is 8. The Balaban J connectivity index is 5.19. The van der Waals surface area contributed by atoms with Crippen LogP contribution in [0.2, 0.25) is 0 Å². The molecule has 0 unspecified atom stereocenters. The van der Waals surface area contributed by atoms with Crippen LogP contribution in [0.5, 0.6) is 0 Å². The normalized spacial score (nSPS) is 20.1. The minimum Gasteiger partial charge on any atom is -0.396 e. The molecule has 6 atom stereocenters. The molecule has 0 radical (unpaired) electrons. The van der Waals surface area contributed by atoms with Crippen LogP contribution in [0.25, 0.3) is 0 Å². The van der Waals surface area contributed by atoms with Crippen molar-refractivity contribution in [2.75, 3.05) is 13.2 Å². The molecule has 0 aliphatic rings. The summed E-state index contributed by atoms with van der Waals surface area (Å²) in [5.74, 6) is 0. The summed E-state index contributed by atoms with van der Waals surface area (Å²) in [6.07, 6.45) is -6.71. The molecule has 0 aliphatic carbocycles. The van der Waals surface area contributed by atoms with E-state index in [9.17, 15) is 40.9 Å². The summed E-state index contributed by atoms with van der Waals surface area (Å²) >= 11 is 0. The van der Waals surface area contributed by atoms with E-state index < -0.39 is 58.3 Å². The molecule has 31 heavy (non-hydrogen) atoms. The van der Waals surface area contributed by atoms with Crippen LogP contribution in [0.4, 0.5) is 0 Å². The van der Waals surface area contributed by atoms with Gasteiger partial charge < -0.3 is 40.9 Å². The standard InChI is InChI=1S/C23H48O8/c1-20(2,12-24)14(26)9-16(28)22(5,6)18(30)11-19(31)23(7,8)17(29)10-15(27)21(3,4)13-25/h14-19,24-31H,9-13H2,1-8H3/t14-,15-,16-,17-,18+,19+/m0/s1. The lowest BCUT2D eigenvalue weighted by Crippen LogP contribution is -2.49. The Bertz CT molecular complexity index is 486. The van der Waals surface area contributed by atoms with Crippen LogP contribution >= 0.6 is 0 Å². The molecule has 0 spiro atoms. The summed E-state index contributed by atoms with van der Waals surface area (Å²) in [7, 11) is 0. The van der Waals surface area contributed by atoms with Crippen molar-refractivity contribution in [1.82, 2.24) is 0 Å². The summed E-state index contributed by atoms with van der Waals surface area (Å²) < 4.78 is 0. The van der Waals surface area contributed by atoms with Gasteiger partial charge in [0.2, 0.25) is 0 Å². The fourth-order valence-corrected chi connectivity index (χ4v) is 3.14. The Labute approximate surface area is 187 Å². The van der Waals surface area contributed by atoms with Gasteiger partial charge in [0.25, 0.3) is 0 Å². The third kappa shape index (κ3) is 7.89. The monoisotopic (exact) mass is 452 g/mol. The van der Waals surface area contributed by atoms with E-state index in [2.05, 4.69) is 0 Å². The van der Waals surface area contributed by atoms with Gasteiger partial charge in [0.05, 0.1) is 49.8 Å². The highest BCUT2D eigenvalue weighted by molar-refractivity contribution is 4.94. The summed E-state index contributed by atoms with van der Waals surface area (Å²) in [4.78, 5) is 0. The lowest BCUT2D eigenvalue weighted by atomic mass is 9.70. The van der Waals surface area contributed by atoms with Crippen LogP contribution in [0.3, 0.4) is 0 Å². The molecule has 0 bridgehead atoms. The molecule has 8 heteroatoms. The van der Waals surface area contributed by atoms with Crippen LogP contribution in [0, 0.1) is 21.7 Å². The minimum atomic E-state index is -1.15. The summed E-state index contributed by atoms with van der Waals surface area (Å²) in [6.45, 7) is 12.7. The van der Waals surface area contributed by atoms with Crippen molar-refractivity contribution in [2.24, 2.45) is 21.7 Å². The number of rotatable bonds is 14. The van der Waals surface area contributed by atoms with Gasteiger partial charge in [-0.15, -0.1) is 0 Å². The van der Waals surface area contributed by atoms with Crippen LogP contribution in [0.15, 0.2) is 0 Å². The van der Waals surface area contributed by atoms with Crippen molar-refractivity contribution < 1.29 is 40.9 Å². The molecule has 0 aliphatic heterocycles. The molecule has 0 fully saturated rings. The zero-order chi connectivity index (χ0) is 25.0. The van der Waals surface area contributed by atoms with Crippen molar-refractivity contribution in [3.63, 3.8) is 0 Å². The van der Waals surface area contributed by atoms with Gasteiger partial charge in [0, 0.05) is 40.9 Å². The van der Waals surface area contributed by atoms with E-state index in [-0.39, 0.29) is 32.5 Å². The first kappa shape index (κ1) is 30.7. The van der Waals surface area contributed by atoms with E-state index in [1.807, 2.05) is 0 Å². The van der Waals surface area contributed by atoms with Crippen LogP contribution in [-0.2, 0) is 0 Å². The van der Waals surface area contributed by atoms with E-state index in [1.165, 1.54) is 0 Å². The highest BCUT2D eigenvalue weighted by Gasteiger charge is 2.44. The van der Waals surface area contributed by atoms with Crippen molar-refractivity contribution in [3.05, 3.63) is 0 Å². The molecule has 188 valence electrons. The summed E-state index contributed by atoms with van der Waals surface area (Å²) in [6, 6.07) is 0. The molecule has 0 rings (SSSR count). The van der Waals surface area contributed by atoms with Crippen molar-refractivity contribution >= 4 is 0 Å². The molecular weight excluding hydrogens is 404 g/mol. The maximum absolute atomic E-state index is 10.8.